The molecule has 2 aromatic rings. The highest BCUT2D eigenvalue weighted by Crippen LogP contribution is 2.23. The summed E-state index contributed by atoms with van der Waals surface area (Å²) >= 11 is 0. The summed E-state index contributed by atoms with van der Waals surface area (Å²) in [6.07, 6.45) is 3.01. The van der Waals surface area contributed by atoms with Gasteiger partial charge in [-0.05, 0) is 56.0 Å². The Hall–Kier alpha value is -2.82. The van der Waals surface area contributed by atoms with Crippen LogP contribution in [0.3, 0.4) is 0 Å². The second-order valence-corrected chi connectivity index (χ2v) is 7.57. The van der Waals surface area contributed by atoms with Crippen molar-refractivity contribution in [2.45, 2.75) is 45.6 Å². The fourth-order valence-electron chi connectivity index (χ4n) is 3.60. The van der Waals surface area contributed by atoms with Gasteiger partial charge in [0.25, 0.3) is 0 Å². The summed E-state index contributed by atoms with van der Waals surface area (Å²) < 4.78 is 0. The Morgan fingerprint density at radius 3 is 2.54 bits per heavy atom. The standard InChI is InChI=1S/C23H29N3O2/c1-17-8-3-4-9-19(17)15-23(28)24-18(2)14-22(27)25-20-10-7-11-21(16-20)26-12-5-6-13-26/h3-4,7-11,16,18H,5-6,12-15H2,1-2H3,(H,24,28)(H,25,27). The van der Waals surface area contributed by atoms with Gasteiger partial charge in [-0.25, -0.2) is 0 Å². The van der Waals surface area contributed by atoms with Gasteiger partial charge in [0.2, 0.25) is 11.8 Å². The van der Waals surface area contributed by atoms with Crippen molar-refractivity contribution in [1.29, 1.82) is 0 Å². The van der Waals surface area contributed by atoms with Crippen LogP contribution in [-0.4, -0.2) is 30.9 Å². The van der Waals surface area contributed by atoms with Crippen LogP contribution in [0.2, 0.25) is 0 Å². The Labute approximate surface area is 167 Å². The Bertz CT molecular complexity index is 828. The third-order valence-corrected chi connectivity index (χ3v) is 5.11. The first kappa shape index (κ1) is 19.9. The number of anilines is 2. The predicted molar refractivity (Wildman–Crippen MR) is 114 cm³/mol. The van der Waals surface area contributed by atoms with Crippen molar-refractivity contribution in [2.24, 2.45) is 0 Å². The van der Waals surface area contributed by atoms with Crippen LogP contribution in [0, 0.1) is 6.92 Å². The molecule has 3 rings (SSSR count). The zero-order chi connectivity index (χ0) is 19.9. The molecular weight excluding hydrogens is 350 g/mol. The van der Waals surface area contributed by atoms with Crippen molar-refractivity contribution in [2.75, 3.05) is 23.3 Å². The lowest BCUT2D eigenvalue weighted by Crippen LogP contribution is -2.36. The Kier molecular flexibility index (Phi) is 6.69. The Morgan fingerprint density at radius 1 is 1.04 bits per heavy atom. The van der Waals surface area contributed by atoms with E-state index in [4.69, 9.17) is 0 Å². The molecule has 0 aromatic heterocycles. The molecule has 0 spiro atoms. The molecule has 148 valence electrons. The van der Waals surface area contributed by atoms with Gasteiger partial charge in [-0.3, -0.25) is 9.59 Å². The summed E-state index contributed by atoms with van der Waals surface area (Å²) in [5, 5.41) is 5.87. The number of nitrogens with zero attached hydrogens (tertiary/aromatic N) is 1. The smallest absolute Gasteiger partial charge is 0.226 e. The minimum absolute atomic E-state index is 0.0642. The fraction of sp³-hybridized carbons (Fsp3) is 0.391. The van der Waals surface area contributed by atoms with Crippen molar-refractivity contribution in [3.63, 3.8) is 0 Å². The molecule has 2 amide bonds. The Morgan fingerprint density at radius 2 is 1.79 bits per heavy atom. The number of carbonyl (C=O) groups is 2. The van der Waals surface area contributed by atoms with Gasteiger partial charge in [-0.15, -0.1) is 0 Å². The van der Waals surface area contributed by atoms with Gasteiger partial charge in [-0.1, -0.05) is 30.3 Å². The number of nitrogens with one attached hydrogen (secondary N) is 2. The average molecular weight is 380 g/mol. The normalized spacial score (nSPS) is 14.6. The first-order valence-electron chi connectivity index (χ1n) is 10.00. The monoisotopic (exact) mass is 379 g/mol. The van der Waals surface area contributed by atoms with E-state index in [0.717, 1.165) is 35.6 Å². The quantitative estimate of drug-likeness (QED) is 0.772. The molecule has 1 atom stereocenters. The van der Waals surface area contributed by atoms with Gasteiger partial charge in [0, 0.05) is 36.9 Å². The summed E-state index contributed by atoms with van der Waals surface area (Å²) in [5.74, 6) is -0.159. The molecule has 1 fully saturated rings. The zero-order valence-electron chi connectivity index (χ0n) is 16.7. The fourth-order valence-corrected chi connectivity index (χ4v) is 3.60. The molecule has 28 heavy (non-hydrogen) atoms. The van der Waals surface area contributed by atoms with Gasteiger partial charge >= 0.3 is 0 Å². The molecule has 1 heterocycles. The average Bonchev–Trinajstić information content (AvgIpc) is 3.18. The van der Waals surface area contributed by atoms with E-state index in [0.29, 0.717) is 6.42 Å². The second-order valence-electron chi connectivity index (χ2n) is 7.57. The number of hydrogen-bond acceptors (Lipinski definition) is 3. The summed E-state index contributed by atoms with van der Waals surface area (Å²) in [4.78, 5) is 27.0. The summed E-state index contributed by atoms with van der Waals surface area (Å²) in [7, 11) is 0. The summed E-state index contributed by atoms with van der Waals surface area (Å²) in [5.41, 5.74) is 4.05. The summed E-state index contributed by atoms with van der Waals surface area (Å²) in [6.45, 7) is 5.99. The van der Waals surface area contributed by atoms with Gasteiger partial charge in [0.1, 0.15) is 0 Å². The number of benzene rings is 2. The van der Waals surface area contributed by atoms with E-state index in [-0.39, 0.29) is 24.3 Å². The van der Waals surface area contributed by atoms with Crippen LogP contribution in [0.4, 0.5) is 11.4 Å². The number of amides is 2. The van der Waals surface area contributed by atoms with E-state index in [1.165, 1.54) is 12.8 Å². The SMILES string of the molecule is Cc1ccccc1CC(=O)NC(C)CC(=O)Nc1cccc(N2CCCC2)c1. The molecule has 0 aliphatic carbocycles. The van der Waals surface area contributed by atoms with Gasteiger partial charge in [0.05, 0.1) is 6.42 Å². The van der Waals surface area contributed by atoms with Crippen LogP contribution in [-0.2, 0) is 16.0 Å². The highest BCUT2D eigenvalue weighted by molar-refractivity contribution is 5.92. The lowest BCUT2D eigenvalue weighted by atomic mass is 10.1. The third kappa shape index (κ3) is 5.59. The number of carbonyl (C=O) groups excluding carboxylic acids is 2. The number of hydrogen-bond donors (Lipinski definition) is 2. The van der Waals surface area contributed by atoms with E-state index < -0.39 is 0 Å². The van der Waals surface area contributed by atoms with Gasteiger partial charge in [0.15, 0.2) is 0 Å². The first-order valence-corrected chi connectivity index (χ1v) is 10.00. The third-order valence-electron chi connectivity index (χ3n) is 5.11. The molecule has 5 nitrogen and oxygen atoms in total. The van der Waals surface area contributed by atoms with E-state index >= 15 is 0 Å². The van der Waals surface area contributed by atoms with E-state index in [1.54, 1.807) is 0 Å². The van der Waals surface area contributed by atoms with Crippen LogP contribution in [0.25, 0.3) is 0 Å². The maximum atomic E-state index is 12.4. The molecule has 1 unspecified atom stereocenters. The van der Waals surface area contributed by atoms with Crippen LogP contribution in [0.5, 0.6) is 0 Å². The van der Waals surface area contributed by atoms with Gasteiger partial charge in [-0.2, -0.15) is 0 Å². The van der Waals surface area contributed by atoms with Crippen LogP contribution >= 0.6 is 0 Å². The van der Waals surface area contributed by atoms with Crippen LogP contribution < -0.4 is 15.5 Å². The van der Waals surface area contributed by atoms with Crippen LogP contribution in [0.15, 0.2) is 48.5 Å². The first-order chi connectivity index (χ1) is 13.5. The Balaban J connectivity index is 1.48. The summed E-state index contributed by atoms with van der Waals surface area (Å²) in [6, 6.07) is 15.6. The van der Waals surface area contributed by atoms with Crippen molar-refractivity contribution >= 4 is 23.2 Å². The van der Waals surface area contributed by atoms with Crippen molar-refractivity contribution < 1.29 is 9.59 Å². The van der Waals surface area contributed by atoms with E-state index in [1.807, 2.05) is 56.3 Å². The number of rotatable bonds is 7. The van der Waals surface area contributed by atoms with Crippen molar-refractivity contribution in [3.8, 4) is 0 Å². The lowest BCUT2D eigenvalue weighted by molar-refractivity contribution is -0.121. The lowest BCUT2D eigenvalue weighted by Gasteiger charge is -2.19. The highest BCUT2D eigenvalue weighted by Gasteiger charge is 2.15. The van der Waals surface area contributed by atoms with E-state index in [2.05, 4.69) is 21.6 Å². The maximum Gasteiger partial charge on any atom is 0.226 e. The minimum atomic E-state index is -0.224. The molecule has 5 heteroatoms. The molecule has 0 saturated carbocycles. The largest absolute Gasteiger partial charge is 0.371 e. The topological polar surface area (TPSA) is 61.4 Å². The molecule has 0 bridgehead atoms. The van der Waals surface area contributed by atoms with Crippen molar-refractivity contribution in [3.05, 3.63) is 59.7 Å². The molecule has 0 radical (unpaired) electrons. The molecule has 1 aliphatic heterocycles. The zero-order valence-corrected chi connectivity index (χ0v) is 16.7. The predicted octanol–water partition coefficient (Wildman–Crippen LogP) is 3.67. The molecule has 2 aromatic carbocycles. The molecule has 2 N–H and O–H groups in total. The number of aryl methyl sites for hydroxylation is 1. The second kappa shape index (κ2) is 9.40. The molecule has 1 aliphatic rings. The highest BCUT2D eigenvalue weighted by atomic mass is 16.2. The molecule has 1 saturated heterocycles. The van der Waals surface area contributed by atoms with Crippen molar-refractivity contribution in [1.82, 2.24) is 5.32 Å². The van der Waals surface area contributed by atoms with E-state index in [9.17, 15) is 9.59 Å². The van der Waals surface area contributed by atoms with Gasteiger partial charge < -0.3 is 15.5 Å². The molecular formula is C23H29N3O2. The maximum absolute atomic E-state index is 12.4. The van der Waals surface area contributed by atoms with Crippen LogP contribution in [0.1, 0.15) is 37.3 Å². The minimum Gasteiger partial charge on any atom is -0.371 e.